The summed E-state index contributed by atoms with van der Waals surface area (Å²) < 4.78 is 51.2. The van der Waals surface area contributed by atoms with Gasteiger partial charge in [-0.3, -0.25) is 0 Å². The molecule has 0 atom stereocenters. The van der Waals surface area contributed by atoms with Crippen molar-refractivity contribution in [3.05, 3.63) is 238 Å². The van der Waals surface area contributed by atoms with E-state index in [1.54, 1.807) is 89.5 Å². The predicted molar refractivity (Wildman–Crippen MR) is 310 cm³/mol. The van der Waals surface area contributed by atoms with Gasteiger partial charge in [0, 0.05) is 27.2 Å². The lowest BCUT2D eigenvalue weighted by molar-refractivity contribution is -0.137. The van der Waals surface area contributed by atoms with E-state index in [0.29, 0.717) is 105 Å². The summed E-state index contributed by atoms with van der Waals surface area (Å²) in [5.41, 5.74) is 10.1. The van der Waals surface area contributed by atoms with Crippen LogP contribution in [0, 0.1) is 97.6 Å². The number of aromatic nitrogens is 2. The van der Waals surface area contributed by atoms with Crippen LogP contribution in [0.1, 0.15) is 55.6 Å². The van der Waals surface area contributed by atoms with E-state index in [1.807, 2.05) is 61.5 Å². The molecule has 12 aromatic rings. The van der Waals surface area contributed by atoms with Crippen LogP contribution in [0.5, 0.6) is 0 Å². The zero-order chi connectivity index (χ0) is 57.8. The second kappa shape index (κ2) is 20.1. The number of alkyl halides is 3. The lowest BCUT2D eigenvalue weighted by Gasteiger charge is -2.19. The molecule has 0 aliphatic rings. The molecule has 0 fully saturated rings. The van der Waals surface area contributed by atoms with E-state index >= 15 is 13.2 Å². The Labute approximate surface area is 472 Å². The van der Waals surface area contributed by atoms with Crippen molar-refractivity contribution < 1.29 is 13.2 Å². The first-order valence-corrected chi connectivity index (χ1v) is 25.6. The standard InChI is InChI=1S/C70H33F3N10/c1-40-2-7-45(26-64(40)82-65-28-47(55-13-3-41(32-74)22-51(55)36-78)8-17-59(65)60-18-9-48(29-66(60)82)56-14-4-42(33-75)23-52(56)37-79)46-12-21-63(70(71,72)73)69(27-46)83-67-30-49(57-15-5-43(34-76)24-53(57)38-80)10-19-61(67)62-20-11-50(31-68(62)83)58-16-6-44(35-77)25-54(58)39-81/h2-31H,1H3. The van der Waals surface area contributed by atoms with Crippen molar-refractivity contribution in [2.45, 2.75) is 13.1 Å². The summed E-state index contributed by atoms with van der Waals surface area (Å²) in [7, 11) is 0. The Bertz CT molecular complexity index is 4950. The van der Waals surface area contributed by atoms with E-state index in [2.05, 4.69) is 53.1 Å². The lowest BCUT2D eigenvalue weighted by atomic mass is 9.96. The highest BCUT2D eigenvalue weighted by molar-refractivity contribution is 6.13. The van der Waals surface area contributed by atoms with E-state index in [4.69, 9.17) is 0 Å². The number of halogens is 3. The lowest BCUT2D eigenvalue weighted by Crippen LogP contribution is -2.11. The monoisotopic (exact) mass is 1070 g/mol. The Morgan fingerprint density at radius 2 is 0.590 bits per heavy atom. The molecule has 0 radical (unpaired) electrons. The molecule has 0 spiro atoms. The van der Waals surface area contributed by atoms with Gasteiger partial charge in [-0.1, -0.05) is 91.0 Å². The van der Waals surface area contributed by atoms with Crippen LogP contribution in [0.4, 0.5) is 13.2 Å². The minimum Gasteiger partial charge on any atom is -0.309 e. The number of nitrogens with zero attached hydrogens (tertiary/aromatic N) is 10. The minimum absolute atomic E-state index is 0.199. The van der Waals surface area contributed by atoms with E-state index in [-0.39, 0.29) is 27.9 Å². The first-order valence-electron chi connectivity index (χ1n) is 25.6. The Morgan fingerprint density at radius 3 is 0.892 bits per heavy atom. The molecule has 0 unspecified atom stereocenters. The highest BCUT2D eigenvalue weighted by Gasteiger charge is 2.35. The number of aryl methyl sites for hydroxylation is 1. The molecule has 10 nitrogen and oxygen atoms in total. The number of benzene rings is 10. The Balaban J connectivity index is 1.12. The van der Waals surface area contributed by atoms with Crippen LogP contribution in [0.15, 0.2) is 182 Å². The van der Waals surface area contributed by atoms with E-state index < -0.39 is 11.7 Å². The van der Waals surface area contributed by atoms with Gasteiger partial charge in [0.05, 0.1) is 126 Å². The second-order valence-corrected chi connectivity index (χ2v) is 19.8. The Morgan fingerprint density at radius 1 is 0.301 bits per heavy atom. The van der Waals surface area contributed by atoms with Crippen molar-refractivity contribution in [3.63, 3.8) is 0 Å². The number of hydrogen-bond donors (Lipinski definition) is 0. The number of hydrogen-bond acceptors (Lipinski definition) is 8. The summed E-state index contributed by atoms with van der Waals surface area (Å²) in [6.45, 7) is 1.93. The smallest absolute Gasteiger partial charge is 0.309 e. The van der Waals surface area contributed by atoms with Gasteiger partial charge in [-0.15, -0.1) is 0 Å². The van der Waals surface area contributed by atoms with Crippen molar-refractivity contribution >= 4 is 43.6 Å². The molecule has 0 N–H and O–H groups in total. The van der Waals surface area contributed by atoms with Crippen LogP contribution < -0.4 is 0 Å². The molecule has 83 heavy (non-hydrogen) atoms. The van der Waals surface area contributed by atoms with Gasteiger partial charge in [-0.2, -0.15) is 55.3 Å². The normalized spacial score (nSPS) is 11.0. The molecular formula is C70H33F3N10. The van der Waals surface area contributed by atoms with Crippen LogP contribution >= 0.6 is 0 Å². The maximum absolute atomic E-state index is 15.9. The molecule has 2 heterocycles. The maximum atomic E-state index is 15.9. The van der Waals surface area contributed by atoms with Gasteiger partial charge in [-0.25, -0.2) is 0 Å². The molecule has 0 saturated heterocycles. The number of rotatable bonds is 7. The molecular weight excluding hydrogens is 1040 g/mol. The van der Waals surface area contributed by atoms with Gasteiger partial charge in [0.2, 0.25) is 0 Å². The van der Waals surface area contributed by atoms with Gasteiger partial charge >= 0.3 is 6.18 Å². The van der Waals surface area contributed by atoms with Crippen LogP contribution in [0.2, 0.25) is 0 Å². The quantitative estimate of drug-likeness (QED) is 0.150. The first-order chi connectivity index (χ1) is 40.3. The zero-order valence-electron chi connectivity index (χ0n) is 43.4. The van der Waals surface area contributed by atoms with Crippen molar-refractivity contribution in [2.75, 3.05) is 0 Å². The molecule has 0 aliphatic carbocycles. The van der Waals surface area contributed by atoms with Crippen LogP contribution in [0.25, 0.3) is 111 Å². The SMILES string of the molecule is Cc1ccc(-c2ccc(C(F)(F)F)c(-n3c4cc(-c5ccc(C#N)cc5C#N)ccc4c4ccc(-c5ccc(C#N)cc5C#N)cc43)c2)cc1-n1c2cc(-c3ccc(C#N)cc3C#N)ccc2c2ccc(-c3ccc(C#N)cc3C#N)cc21. The Hall–Kier alpha value is -12.5. The van der Waals surface area contributed by atoms with Crippen molar-refractivity contribution in [1.82, 2.24) is 9.13 Å². The summed E-state index contributed by atoms with van der Waals surface area (Å²) >= 11 is 0. The molecule has 0 bridgehead atoms. The van der Waals surface area contributed by atoms with Gasteiger partial charge in [0.15, 0.2) is 0 Å². The zero-order valence-corrected chi connectivity index (χ0v) is 43.4. The molecule has 0 amide bonds. The summed E-state index contributed by atoms with van der Waals surface area (Å²) in [6.07, 6.45) is -4.88. The van der Waals surface area contributed by atoms with Crippen LogP contribution in [-0.4, -0.2) is 9.13 Å². The number of fused-ring (bicyclic) bond motifs is 6. The first kappa shape index (κ1) is 51.3. The van der Waals surface area contributed by atoms with Crippen LogP contribution in [-0.2, 0) is 6.18 Å². The molecule has 0 aliphatic heterocycles. The third-order valence-electron chi connectivity index (χ3n) is 15.2. The summed E-state index contributed by atoms with van der Waals surface area (Å²) in [5, 5.41) is 82.6. The highest BCUT2D eigenvalue weighted by atomic mass is 19.4. The van der Waals surface area contributed by atoms with Crippen molar-refractivity contribution in [3.8, 4) is 116 Å². The van der Waals surface area contributed by atoms with Gasteiger partial charge < -0.3 is 9.13 Å². The summed E-state index contributed by atoms with van der Waals surface area (Å²) in [6, 6.07) is 68.2. The van der Waals surface area contributed by atoms with Crippen LogP contribution in [0.3, 0.4) is 0 Å². The molecule has 12 rings (SSSR count). The predicted octanol–water partition coefficient (Wildman–Crippen LogP) is 16.5. The highest BCUT2D eigenvalue weighted by Crippen LogP contribution is 2.45. The molecule has 2 aromatic heterocycles. The van der Waals surface area contributed by atoms with Gasteiger partial charge in [-0.05, 0) is 159 Å². The van der Waals surface area contributed by atoms with Crippen molar-refractivity contribution in [1.29, 1.82) is 42.1 Å². The molecule has 384 valence electrons. The summed E-state index contributed by atoms with van der Waals surface area (Å²) in [5.74, 6) is 0. The topological polar surface area (TPSA) is 200 Å². The van der Waals surface area contributed by atoms with E-state index in [9.17, 15) is 42.1 Å². The largest absolute Gasteiger partial charge is 0.418 e. The average Bonchev–Trinajstić information content (AvgIpc) is 4.21. The molecule has 13 heteroatoms. The van der Waals surface area contributed by atoms with E-state index in [0.717, 1.165) is 33.4 Å². The number of nitriles is 8. The Kier molecular flexibility index (Phi) is 12.4. The van der Waals surface area contributed by atoms with Gasteiger partial charge in [0.25, 0.3) is 0 Å². The second-order valence-electron chi connectivity index (χ2n) is 19.8. The van der Waals surface area contributed by atoms with Gasteiger partial charge in [0.1, 0.15) is 0 Å². The third kappa shape index (κ3) is 8.64. The average molecular weight is 1070 g/mol. The summed E-state index contributed by atoms with van der Waals surface area (Å²) in [4.78, 5) is 0. The fourth-order valence-corrected chi connectivity index (χ4v) is 11.2. The minimum atomic E-state index is -4.88. The fourth-order valence-electron chi connectivity index (χ4n) is 11.2. The fraction of sp³-hybridized carbons (Fsp3) is 0.0286. The molecule has 0 saturated carbocycles. The molecule has 10 aromatic carbocycles. The maximum Gasteiger partial charge on any atom is 0.418 e. The van der Waals surface area contributed by atoms with E-state index in [1.165, 1.54) is 36.4 Å². The third-order valence-corrected chi connectivity index (χ3v) is 15.2. The van der Waals surface area contributed by atoms with Crippen molar-refractivity contribution in [2.24, 2.45) is 0 Å².